The van der Waals surface area contributed by atoms with Crippen molar-refractivity contribution in [2.24, 2.45) is 5.92 Å². The first-order valence-corrected chi connectivity index (χ1v) is 9.25. The molecule has 1 aliphatic rings. The fourth-order valence-electron chi connectivity index (χ4n) is 3.32. The minimum Gasteiger partial charge on any atom is -0.497 e. The fraction of sp³-hybridized carbons (Fsp3) is 0.650. The Morgan fingerprint density at radius 1 is 1.17 bits per heavy atom. The molecule has 1 saturated heterocycles. The van der Waals surface area contributed by atoms with Crippen LogP contribution in [0.3, 0.4) is 0 Å². The van der Waals surface area contributed by atoms with Gasteiger partial charge in [0.05, 0.1) is 7.11 Å². The van der Waals surface area contributed by atoms with Gasteiger partial charge >= 0.3 is 0 Å². The zero-order valence-corrected chi connectivity index (χ0v) is 15.5. The van der Waals surface area contributed by atoms with E-state index in [4.69, 9.17) is 4.74 Å². The summed E-state index contributed by atoms with van der Waals surface area (Å²) in [5, 5.41) is 0. The van der Waals surface area contributed by atoms with Crippen LogP contribution >= 0.6 is 0 Å². The predicted octanol–water partition coefficient (Wildman–Crippen LogP) is 3.21. The second-order valence-electron chi connectivity index (χ2n) is 6.92. The van der Waals surface area contributed by atoms with Gasteiger partial charge in [-0.25, -0.2) is 0 Å². The predicted molar refractivity (Wildman–Crippen MR) is 98.4 cm³/mol. The first-order chi connectivity index (χ1) is 11.6. The minimum absolute atomic E-state index is 0.339. The Hall–Kier alpha value is -1.55. The van der Waals surface area contributed by atoms with E-state index in [0.717, 1.165) is 57.7 Å². The van der Waals surface area contributed by atoms with Crippen molar-refractivity contribution in [3.05, 3.63) is 29.8 Å². The van der Waals surface area contributed by atoms with E-state index in [0.29, 0.717) is 18.2 Å². The SMILES string of the molecule is CCCC(C)CC(=O)N1CCN(CCc2ccc(OC)cc2)CC1. The van der Waals surface area contributed by atoms with Gasteiger partial charge in [0.15, 0.2) is 0 Å². The molecule has 1 heterocycles. The monoisotopic (exact) mass is 332 g/mol. The molecule has 1 aromatic rings. The molecule has 1 aromatic carbocycles. The van der Waals surface area contributed by atoms with Crippen molar-refractivity contribution in [2.75, 3.05) is 39.8 Å². The lowest BCUT2D eigenvalue weighted by Gasteiger charge is -2.35. The lowest BCUT2D eigenvalue weighted by Crippen LogP contribution is -2.49. The summed E-state index contributed by atoms with van der Waals surface area (Å²) in [5.41, 5.74) is 1.34. The molecule has 0 saturated carbocycles. The summed E-state index contributed by atoms with van der Waals surface area (Å²) < 4.78 is 5.19. The zero-order valence-electron chi connectivity index (χ0n) is 15.5. The maximum Gasteiger partial charge on any atom is 0.222 e. The molecule has 1 amide bonds. The van der Waals surface area contributed by atoms with E-state index in [1.807, 2.05) is 12.1 Å². The van der Waals surface area contributed by atoms with Crippen LogP contribution in [0.25, 0.3) is 0 Å². The van der Waals surface area contributed by atoms with Gasteiger partial charge in [-0.3, -0.25) is 9.69 Å². The second kappa shape index (κ2) is 9.67. The molecule has 1 unspecified atom stereocenters. The number of hydrogen-bond acceptors (Lipinski definition) is 3. The highest BCUT2D eigenvalue weighted by Crippen LogP contribution is 2.15. The van der Waals surface area contributed by atoms with Gasteiger partial charge in [0.1, 0.15) is 5.75 Å². The molecule has 1 fully saturated rings. The van der Waals surface area contributed by atoms with Crippen molar-refractivity contribution < 1.29 is 9.53 Å². The van der Waals surface area contributed by atoms with E-state index >= 15 is 0 Å². The number of methoxy groups -OCH3 is 1. The molecule has 0 radical (unpaired) electrons. The highest BCUT2D eigenvalue weighted by Gasteiger charge is 2.21. The highest BCUT2D eigenvalue weighted by molar-refractivity contribution is 5.76. The summed E-state index contributed by atoms with van der Waals surface area (Å²) in [5.74, 6) is 1.75. The number of carbonyl (C=O) groups is 1. The third kappa shape index (κ3) is 5.82. The van der Waals surface area contributed by atoms with E-state index in [9.17, 15) is 4.79 Å². The summed E-state index contributed by atoms with van der Waals surface area (Å²) in [4.78, 5) is 16.8. The number of nitrogens with zero attached hydrogens (tertiary/aromatic N) is 2. The Kier molecular flexibility index (Phi) is 7.57. The number of hydrogen-bond donors (Lipinski definition) is 0. The number of rotatable bonds is 8. The zero-order chi connectivity index (χ0) is 17.4. The lowest BCUT2D eigenvalue weighted by molar-refractivity contribution is -0.133. The van der Waals surface area contributed by atoms with Gasteiger partial charge in [-0.2, -0.15) is 0 Å². The quantitative estimate of drug-likeness (QED) is 0.733. The highest BCUT2D eigenvalue weighted by atomic mass is 16.5. The van der Waals surface area contributed by atoms with Gasteiger partial charge in [-0.15, -0.1) is 0 Å². The van der Waals surface area contributed by atoms with Crippen LogP contribution in [0.2, 0.25) is 0 Å². The van der Waals surface area contributed by atoms with Crippen molar-refractivity contribution in [2.45, 2.75) is 39.5 Å². The Labute approximate surface area is 146 Å². The lowest BCUT2D eigenvalue weighted by atomic mass is 10.0. The van der Waals surface area contributed by atoms with Crippen molar-refractivity contribution in [1.82, 2.24) is 9.80 Å². The smallest absolute Gasteiger partial charge is 0.222 e. The van der Waals surface area contributed by atoms with E-state index < -0.39 is 0 Å². The molecular weight excluding hydrogens is 300 g/mol. The average Bonchev–Trinajstić information content (AvgIpc) is 2.61. The molecule has 24 heavy (non-hydrogen) atoms. The standard InChI is InChI=1S/C20H32N2O2/c1-4-5-17(2)16-20(23)22-14-12-21(13-15-22)11-10-18-6-8-19(24-3)9-7-18/h6-9,17H,4-5,10-16H2,1-3H3. The van der Waals surface area contributed by atoms with E-state index in [2.05, 4.69) is 35.8 Å². The maximum atomic E-state index is 12.3. The first-order valence-electron chi connectivity index (χ1n) is 9.25. The second-order valence-corrected chi connectivity index (χ2v) is 6.92. The van der Waals surface area contributed by atoms with Crippen molar-refractivity contribution >= 4 is 5.91 Å². The minimum atomic E-state index is 0.339. The summed E-state index contributed by atoms with van der Waals surface area (Å²) in [7, 11) is 1.69. The van der Waals surface area contributed by atoms with Crippen LogP contribution in [-0.4, -0.2) is 55.5 Å². The Bertz CT molecular complexity index is 493. The molecule has 4 nitrogen and oxygen atoms in total. The van der Waals surface area contributed by atoms with Crippen LogP contribution in [0.5, 0.6) is 5.75 Å². The van der Waals surface area contributed by atoms with E-state index in [1.165, 1.54) is 5.56 Å². The maximum absolute atomic E-state index is 12.3. The van der Waals surface area contributed by atoms with Crippen LogP contribution in [0.1, 0.15) is 38.7 Å². The topological polar surface area (TPSA) is 32.8 Å². The molecule has 2 rings (SSSR count). The number of ether oxygens (including phenoxy) is 1. The molecule has 1 atom stereocenters. The van der Waals surface area contributed by atoms with Gasteiger partial charge in [0.25, 0.3) is 0 Å². The van der Waals surface area contributed by atoms with Gasteiger partial charge in [0, 0.05) is 39.1 Å². The summed E-state index contributed by atoms with van der Waals surface area (Å²) in [6, 6.07) is 8.30. The number of piperazine rings is 1. The largest absolute Gasteiger partial charge is 0.497 e. The first kappa shape index (κ1) is 18.8. The van der Waals surface area contributed by atoms with Crippen LogP contribution < -0.4 is 4.74 Å². The average molecular weight is 332 g/mol. The molecule has 0 spiro atoms. The van der Waals surface area contributed by atoms with E-state index in [1.54, 1.807) is 7.11 Å². The number of amides is 1. The third-order valence-electron chi connectivity index (χ3n) is 4.91. The molecule has 1 aliphatic heterocycles. The van der Waals surface area contributed by atoms with Crippen LogP contribution in [0, 0.1) is 5.92 Å². The number of benzene rings is 1. The van der Waals surface area contributed by atoms with Crippen molar-refractivity contribution in [1.29, 1.82) is 0 Å². The van der Waals surface area contributed by atoms with Crippen LogP contribution in [0.15, 0.2) is 24.3 Å². The Balaban J connectivity index is 1.69. The summed E-state index contributed by atoms with van der Waals surface area (Å²) in [6.45, 7) is 9.16. The number of carbonyl (C=O) groups excluding carboxylic acids is 1. The van der Waals surface area contributed by atoms with Gasteiger partial charge in [0.2, 0.25) is 5.91 Å². The van der Waals surface area contributed by atoms with Crippen molar-refractivity contribution in [3.63, 3.8) is 0 Å². The van der Waals surface area contributed by atoms with Gasteiger partial charge in [-0.1, -0.05) is 38.8 Å². The summed E-state index contributed by atoms with van der Waals surface area (Å²) >= 11 is 0. The van der Waals surface area contributed by atoms with Gasteiger partial charge in [-0.05, 0) is 30.0 Å². The molecule has 0 aliphatic carbocycles. The summed E-state index contributed by atoms with van der Waals surface area (Å²) in [6.07, 6.45) is 4.06. The molecule has 0 N–H and O–H groups in total. The normalized spacial score (nSPS) is 16.9. The van der Waals surface area contributed by atoms with Crippen molar-refractivity contribution in [3.8, 4) is 5.75 Å². The fourth-order valence-corrected chi connectivity index (χ4v) is 3.32. The molecule has 0 aromatic heterocycles. The Morgan fingerprint density at radius 2 is 1.83 bits per heavy atom. The third-order valence-corrected chi connectivity index (χ3v) is 4.91. The van der Waals surface area contributed by atoms with Crippen LogP contribution in [0.4, 0.5) is 0 Å². The van der Waals surface area contributed by atoms with Crippen LogP contribution in [-0.2, 0) is 11.2 Å². The molecule has 134 valence electrons. The molecule has 0 bridgehead atoms. The van der Waals surface area contributed by atoms with Gasteiger partial charge < -0.3 is 9.64 Å². The van der Waals surface area contributed by atoms with E-state index in [-0.39, 0.29) is 0 Å². The molecular formula is C20H32N2O2. The molecule has 4 heteroatoms. The Morgan fingerprint density at radius 3 is 2.42 bits per heavy atom.